The Morgan fingerprint density at radius 3 is 2.48 bits per heavy atom. The summed E-state index contributed by atoms with van der Waals surface area (Å²) < 4.78 is 1.02. The van der Waals surface area contributed by atoms with E-state index in [4.69, 9.17) is 0 Å². The highest BCUT2D eigenvalue weighted by Crippen LogP contribution is 2.33. The van der Waals surface area contributed by atoms with E-state index in [0.29, 0.717) is 11.3 Å². The molecule has 1 aromatic heterocycles. The Morgan fingerprint density at radius 2 is 1.90 bits per heavy atom. The van der Waals surface area contributed by atoms with Crippen LogP contribution in [0.1, 0.15) is 31.9 Å². The Labute approximate surface area is 139 Å². The molecule has 0 bridgehead atoms. The molecule has 0 aliphatic rings. The van der Waals surface area contributed by atoms with Crippen molar-refractivity contribution in [3.63, 3.8) is 0 Å². The molecular weight excluding hydrogens is 344 g/mol. The van der Waals surface area contributed by atoms with Gasteiger partial charge in [0.05, 0.1) is 5.03 Å². The van der Waals surface area contributed by atoms with Crippen LogP contribution in [-0.2, 0) is 0 Å². The Kier molecular flexibility index (Phi) is 6.74. The molecule has 0 amide bonds. The third-order valence-corrected chi connectivity index (χ3v) is 5.19. The molecule has 1 aromatic carbocycles. The number of pyridine rings is 1. The monoisotopic (exact) mass is 364 g/mol. The highest BCUT2D eigenvalue weighted by Gasteiger charge is 2.22. The fraction of sp³-hybridized carbons (Fsp3) is 0.353. The van der Waals surface area contributed by atoms with Gasteiger partial charge in [0, 0.05) is 22.0 Å². The summed E-state index contributed by atoms with van der Waals surface area (Å²) in [5.41, 5.74) is 1.34. The summed E-state index contributed by atoms with van der Waals surface area (Å²) >= 11 is 5.28. The van der Waals surface area contributed by atoms with Crippen LogP contribution in [0.15, 0.2) is 58.2 Å². The number of hydrogen-bond acceptors (Lipinski definition) is 3. The summed E-state index contributed by atoms with van der Waals surface area (Å²) in [6.07, 6.45) is 2.95. The average molecular weight is 365 g/mol. The second-order valence-corrected chi connectivity index (χ2v) is 7.00. The molecule has 1 heterocycles. The molecule has 2 aromatic rings. The first-order valence-electron chi connectivity index (χ1n) is 7.31. The number of nitrogens with zero attached hydrogens (tertiary/aromatic N) is 1. The number of rotatable bonds is 7. The number of hydrogen-bond donors (Lipinski definition) is 1. The minimum atomic E-state index is 0.344. The number of aromatic nitrogens is 1. The number of thioether (sulfide) groups is 1. The quantitative estimate of drug-likeness (QED) is 0.694. The van der Waals surface area contributed by atoms with Gasteiger partial charge >= 0.3 is 0 Å². The smallest absolute Gasteiger partial charge is 0.0964 e. The maximum atomic E-state index is 4.49. The second-order valence-electron chi connectivity index (χ2n) is 4.83. The van der Waals surface area contributed by atoms with Crippen LogP contribution >= 0.6 is 27.7 Å². The second kappa shape index (κ2) is 8.57. The lowest BCUT2D eigenvalue weighted by Gasteiger charge is -2.26. The lowest BCUT2D eigenvalue weighted by atomic mass is 10.0. The molecule has 2 atom stereocenters. The normalized spacial score (nSPS) is 13.9. The Morgan fingerprint density at radius 1 is 1.14 bits per heavy atom. The minimum absolute atomic E-state index is 0.344. The Bertz CT molecular complexity index is 530. The maximum Gasteiger partial charge on any atom is 0.0964 e. The van der Waals surface area contributed by atoms with Crippen LogP contribution in [0.2, 0.25) is 0 Å². The van der Waals surface area contributed by atoms with Gasteiger partial charge in [-0.3, -0.25) is 0 Å². The van der Waals surface area contributed by atoms with Crippen LogP contribution in [0.3, 0.4) is 0 Å². The molecule has 21 heavy (non-hydrogen) atoms. The van der Waals surface area contributed by atoms with E-state index in [1.165, 1.54) is 5.56 Å². The van der Waals surface area contributed by atoms with Crippen LogP contribution in [0.5, 0.6) is 0 Å². The summed E-state index contributed by atoms with van der Waals surface area (Å²) in [7, 11) is 0. The van der Waals surface area contributed by atoms with E-state index in [1.54, 1.807) is 0 Å². The largest absolute Gasteiger partial charge is 0.309 e. The van der Waals surface area contributed by atoms with Crippen LogP contribution < -0.4 is 5.32 Å². The van der Waals surface area contributed by atoms with E-state index < -0.39 is 0 Å². The van der Waals surface area contributed by atoms with Gasteiger partial charge in [-0.05, 0) is 46.6 Å². The summed E-state index contributed by atoms with van der Waals surface area (Å²) in [5, 5.41) is 5.16. The molecule has 2 rings (SSSR count). The van der Waals surface area contributed by atoms with E-state index in [1.807, 2.05) is 24.0 Å². The highest BCUT2D eigenvalue weighted by molar-refractivity contribution is 9.10. The third kappa shape index (κ3) is 4.83. The van der Waals surface area contributed by atoms with Gasteiger partial charge in [0.15, 0.2) is 0 Å². The van der Waals surface area contributed by atoms with Gasteiger partial charge in [0.25, 0.3) is 0 Å². The van der Waals surface area contributed by atoms with Gasteiger partial charge in [-0.2, -0.15) is 0 Å². The predicted molar refractivity (Wildman–Crippen MR) is 94.7 cm³/mol. The standard InChI is InChI=1S/C17H21BrN2S/c1-3-15(21-16-11-10-14(18)12-20-16)17(19-4-2)13-8-6-5-7-9-13/h5-12,15,17,19H,3-4H2,1-2H3. The fourth-order valence-corrected chi connectivity index (χ4v) is 3.68. The molecule has 112 valence electrons. The zero-order chi connectivity index (χ0) is 15.1. The molecule has 1 N–H and O–H groups in total. The topological polar surface area (TPSA) is 24.9 Å². The molecule has 0 spiro atoms. The lowest BCUT2D eigenvalue weighted by Crippen LogP contribution is -2.29. The van der Waals surface area contributed by atoms with Gasteiger partial charge < -0.3 is 5.32 Å². The van der Waals surface area contributed by atoms with E-state index in [-0.39, 0.29) is 0 Å². The average Bonchev–Trinajstić information content (AvgIpc) is 2.53. The first-order chi connectivity index (χ1) is 10.2. The molecule has 2 nitrogen and oxygen atoms in total. The first-order valence-corrected chi connectivity index (χ1v) is 8.98. The number of benzene rings is 1. The van der Waals surface area contributed by atoms with Crippen molar-refractivity contribution >= 4 is 27.7 Å². The van der Waals surface area contributed by atoms with Crippen molar-refractivity contribution in [1.29, 1.82) is 0 Å². The third-order valence-electron chi connectivity index (χ3n) is 3.33. The van der Waals surface area contributed by atoms with Gasteiger partial charge in [-0.1, -0.05) is 44.2 Å². The lowest BCUT2D eigenvalue weighted by molar-refractivity contribution is 0.521. The highest BCUT2D eigenvalue weighted by atomic mass is 79.9. The summed E-state index contributed by atoms with van der Waals surface area (Å²) in [4.78, 5) is 4.49. The molecular formula is C17H21BrN2S. The zero-order valence-corrected chi connectivity index (χ0v) is 14.8. The maximum absolute atomic E-state index is 4.49. The van der Waals surface area contributed by atoms with Gasteiger partial charge in [0.1, 0.15) is 0 Å². The zero-order valence-electron chi connectivity index (χ0n) is 12.4. The molecule has 0 aliphatic heterocycles. The fourth-order valence-electron chi connectivity index (χ4n) is 2.32. The van der Waals surface area contributed by atoms with Gasteiger partial charge in [0.2, 0.25) is 0 Å². The molecule has 0 saturated heterocycles. The summed E-state index contributed by atoms with van der Waals surface area (Å²) in [6, 6.07) is 15.1. The van der Waals surface area contributed by atoms with Crippen molar-refractivity contribution in [1.82, 2.24) is 10.3 Å². The minimum Gasteiger partial charge on any atom is -0.309 e. The predicted octanol–water partition coefficient (Wildman–Crippen LogP) is 5.07. The number of halogens is 1. The SMILES string of the molecule is CCNC(c1ccccc1)C(CC)Sc1ccc(Br)cn1. The molecule has 0 fully saturated rings. The van der Waals surface area contributed by atoms with E-state index >= 15 is 0 Å². The van der Waals surface area contributed by atoms with Crippen molar-refractivity contribution in [2.24, 2.45) is 0 Å². The Balaban J connectivity index is 2.17. The van der Waals surface area contributed by atoms with Crippen molar-refractivity contribution in [2.45, 2.75) is 36.6 Å². The summed E-state index contributed by atoms with van der Waals surface area (Å²) in [6.45, 7) is 5.36. The van der Waals surface area contributed by atoms with Gasteiger partial charge in [-0.25, -0.2) is 4.98 Å². The first kappa shape index (κ1) is 16.5. The molecule has 0 aliphatic carbocycles. The van der Waals surface area contributed by atoms with Crippen LogP contribution in [0.4, 0.5) is 0 Å². The Hall–Kier alpha value is -0.840. The van der Waals surface area contributed by atoms with Crippen molar-refractivity contribution in [3.05, 3.63) is 58.7 Å². The van der Waals surface area contributed by atoms with Crippen molar-refractivity contribution in [3.8, 4) is 0 Å². The summed E-state index contributed by atoms with van der Waals surface area (Å²) in [5.74, 6) is 0. The van der Waals surface area contributed by atoms with Crippen LogP contribution in [0.25, 0.3) is 0 Å². The molecule has 4 heteroatoms. The van der Waals surface area contributed by atoms with Crippen LogP contribution in [-0.4, -0.2) is 16.8 Å². The van der Waals surface area contributed by atoms with Crippen molar-refractivity contribution in [2.75, 3.05) is 6.54 Å². The van der Waals surface area contributed by atoms with Gasteiger partial charge in [-0.15, -0.1) is 11.8 Å². The molecule has 0 radical (unpaired) electrons. The van der Waals surface area contributed by atoms with Crippen molar-refractivity contribution < 1.29 is 0 Å². The van der Waals surface area contributed by atoms with E-state index in [9.17, 15) is 0 Å². The molecule has 0 saturated carbocycles. The van der Waals surface area contributed by atoms with Crippen LogP contribution in [0, 0.1) is 0 Å². The van der Waals surface area contributed by atoms with E-state index in [0.717, 1.165) is 22.5 Å². The number of nitrogens with one attached hydrogen (secondary N) is 1. The molecule has 2 unspecified atom stereocenters. The van der Waals surface area contributed by atoms with E-state index in [2.05, 4.69) is 76.5 Å².